The lowest BCUT2D eigenvalue weighted by Gasteiger charge is -2.06. The Morgan fingerprint density at radius 3 is 2.60 bits per heavy atom. The van der Waals surface area contributed by atoms with E-state index < -0.39 is 34.7 Å². The van der Waals surface area contributed by atoms with E-state index >= 15 is 0 Å². The monoisotopic (exact) mass is 439 g/mol. The van der Waals surface area contributed by atoms with Gasteiger partial charge >= 0.3 is 0 Å². The van der Waals surface area contributed by atoms with Crippen molar-refractivity contribution in [3.63, 3.8) is 0 Å². The molecule has 0 unspecified atom stereocenters. The minimum Gasteiger partial charge on any atom is -0.345 e. The van der Waals surface area contributed by atoms with Crippen molar-refractivity contribution in [2.75, 3.05) is 11.9 Å². The average Bonchev–Trinajstić information content (AvgIpc) is 2.92. The van der Waals surface area contributed by atoms with Crippen LogP contribution in [0.2, 0.25) is 0 Å². The molecular formula is C14H13BrF3N3O3S. The third kappa shape index (κ3) is 4.83. The van der Waals surface area contributed by atoms with Crippen LogP contribution in [-0.2, 0) is 17.1 Å². The van der Waals surface area contributed by atoms with Gasteiger partial charge in [-0.2, -0.15) is 0 Å². The minimum absolute atomic E-state index is 0.0159. The third-order valence-electron chi connectivity index (χ3n) is 3.13. The van der Waals surface area contributed by atoms with E-state index in [4.69, 9.17) is 0 Å². The molecule has 0 saturated heterocycles. The van der Waals surface area contributed by atoms with Gasteiger partial charge in [-0.1, -0.05) is 0 Å². The maximum atomic E-state index is 13.2. The minimum atomic E-state index is -4.16. The molecule has 2 aromatic rings. The fourth-order valence-electron chi connectivity index (χ4n) is 1.93. The number of benzene rings is 1. The summed E-state index contributed by atoms with van der Waals surface area (Å²) in [6.07, 6.45) is -1.71. The lowest BCUT2D eigenvalue weighted by molar-refractivity contribution is 0.101. The van der Waals surface area contributed by atoms with E-state index in [1.165, 1.54) is 23.7 Å². The molecule has 0 aliphatic rings. The number of anilines is 1. The normalized spacial score (nSPS) is 11.8. The van der Waals surface area contributed by atoms with Crippen molar-refractivity contribution in [2.45, 2.75) is 11.3 Å². The maximum absolute atomic E-state index is 13.2. The summed E-state index contributed by atoms with van der Waals surface area (Å²) in [6.45, 7) is -1.03. The smallest absolute Gasteiger partial charge is 0.272 e. The number of nitrogens with one attached hydrogen (secondary N) is 2. The Bertz CT molecular complexity index is 900. The van der Waals surface area contributed by atoms with Crippen molar-refractivity contribution in [1.82, 2.24) is 9.29 Å². The highest BCUT2D eigenvalue weighted by molar-refractivity contribution is 9.10. The topological polar surface area (TPSA) is 80.2 Å². The van der Waals surface area contributed by atoms with E-state index in [1.54, 1.807) is 4.72 Å². The number of hydrogen-bond acceptors (Lipinski definition) is 3. The highest BCUT2D eigenvalue weighted by atomic mass is 79.9. The van der Waals surface area contributed by atoms with Gasteiger partial charge in [-0.3, -0.25) is 4.79 Å². The Morgan fingerprint density at radius 1 is 1.32 bits per heavy atom. The van der Waals surface area contributed by atoms with Gasteiger partial charge in [0.25, 0.3) is 12.3 Å². The van der Waals surface area contributed by atoms with E-state index in [-0.39, 0.29) is 15.1 Å². The molecular weight excluding hydrogens is 427 g/mol. The molecule has 136 valence electrons. The van der Waals surface area contributed by atoms with Crippen LogP contribution in [0.3, 0.4) is 0 Å². The van der Waals surface area contributed by atoms with E-state index in [2.05, 4.69) is 21.2 Å². The maximum Gasteiger partial charge on any atom is 0.272 e. The van der Waals surface area contributed by atoms with Gasteiger partial charge < -0.3 is 9.88 Å². The number of sulfonamides is 1. The Labute approximate surface area is 150 Å². The van der Waals surface area contributed by atoms with Gasteiger partial charge in [0.1, 0.15) is 16.4 Å². The number of amides is 1. The molecule has 0 atom stereocenters. The molecule has 0 fully saturated rings. The summed E-state index contributed by atoms with van der Waals surface area (Å²) < 4.78 is 64.5. The number of nitrogens with zero attached hydrogens (tertiary/aromatic N) is 1. The molecule has 2 rings (SSSR count). The summed E-state index contributed by atoms with van der Waals surface area (Å²) in [6, 6.07) is 4.89. The molecule has 1 amide bonds. The van der Waals surface area contributed by atoms with Crippen LogP contribution in [0, 0.1) is 5.82 Å². The molecule has 0 aliphatic heterocycles. The number of rotatable bonds is 6. The van der Waals surface area contributed by atoms with E-state index in [0.29, 0.717) is 5.69 Å². The standard InChI is InChI=1S/C14H13BrF3N3O3S/c1-21-7-9(25(23,24)19-6-13(17)18)5-12(21)14(22)20-8-2-3-11(16)10(15)4-8/h2-5,7,13,19H,6H2,1H3,(H,20,22). The Kier molecular flexibility index (Phi) is 5.91. The summed E-state index contributed by atoms with van der Waals surface area (Å²) in [5.74, 6) is -1.15. The van der Waals surface area contributed by atoms with E-state index in [1.807, 2.05) is 0 Å². The summed E-state index contributed by atoms with van der Waals surface area (Å²) >= 11 is 2.99. The summed E-state index contributed by atoms with van der Waals surface area (Å²) in [5, 5.41) is 2.49. The van der Waals surface area contributed by atoms with Crippen molar-refractivity contribution >= 4 is 37.5 Å². The third-order valence-corrected chi connectivity index (χ3v) is 5.13. The molecule has 6 nitrogen and oxygen atoms in total. The first-order chi connectivity index (χ1) is 11.6. The van der Waals surface area contributed by atoms with E-state index in [9.17, 15) is 26.4 Å². The van der Waals surface area contributed by atoms with Gasteiger partial charge in [-0.25, -0.2) is 26.3 Å². The Balaban J connectivity index is 2.21. The molecule has 0 saturated carbocycles. The second kappa shape index (κ2) is 7.58. The summed E-state index contributed by atoms with van der Waals surface area (Å²) in [7, 11) is -2.73. The molecule has 2 N–H and O–H groups in total. The van der Waals surface area contributed by atoms with Crippen LogP contribution in [0.4, 0.5) is 18.9 Å². The number of aryl methyl sites for hydroxylation is 1. The van der Waals surface area contributed by atoms with Crippen LogP contribution in [0.1, 0.15) is 10.5 Å². The fourth-order valence-corrected chi connectivity index (χ4v) is 3.39. The quantitative estimate of drug-likeness (QED) is 0.725. The molecule has 1 heterocycles. The van der Waals surface area contributed by atoms with Crippen molar-refractivity contribution < 1.29 is 26.4 Å². The Hall–Kier alpha value is -1.85. The van der Waals surface area contributed by atoms with Gasteiger partial charge in [-0.05, 0) is 40.2 Å². The first-order valence-corrected chi connectivity index (χ1v) is 9.08. The van der Waals surface area contributed by atoms with Gasteiger partial charge in [0.2, 0.25) is 10.0 Å². The van der Waals surface area contributed by atoms with E-state index in [0.717, 1.165) is 18.3 Å². The molecule has 0 bridgehead atoms. The number of halogens is 4. The van der Waals surface area contributed by atoms with Crippen LogP contribution in [-0.4, -0.2) is 31.9 Å². The van der Waals surface area contributed by atoms with Crippen molar-refractivity contribution in [2.24, 2.45) is 7.05 Å². The second-order valence-electron chi connectivity index (χ2n) is 5.00. The SMILES string of the molecule is Cn1cc(S(=O)(=O)NCC(F)F)cc1C(=O)Nc1ccc(F)c(Br)c1. The van der Waals surface area contributed by atoms with Crippen LogP contribution >= 0.6 is 15.9 Å². The number of aromatic nitrogens is 1. The molecule has 25 heavy (non-hydrogen) atoms. The van der Waals surface area contributed by atoms with Gasteiger partial charge in [0.05, 0.1) is 11.0 Å². The molecule has 1 aromatic heterocycles. The van der Waals surface area contributed by atoms with Crippen molar-refractivity contribution in [3.05, 3.63) is 46.4 Å². The zero-order valence-electron chi connectivity index (χ0n) is 12.8. The van der Waals surface area contributed by atoms with Gasteiger partial charge in [-0.15, -0.1) is 0 Å². The molecule has 0 aliphatic carbocycles. The van der Waals surface area contributed by atoms with Crippen LogP contribution < -0.4 is 10.0 Å². The highest BCUT2D eigenvalue weighted by Gasteiger charge is 2.21. The number of carbonyl (C=O) groups is 1. The van der Waals surface area contributed by atoms with Crippen molar-refractivity contribution in [1.29, 1.82) is 0 Å². The van der Waals surface area contributed by atoms with Crippen molar-refractivity contribution in [3.8, 4) is 0 Å². The number of carbonyl (C=O) groups excluding carboxylic acids is 1. The molecule has 11 heteroatoms. The summed E-state index contributed by atoms with van der Waals surface area (Å²) in [5.41, 5.74) is 0.276. The summed E-state index contributed by atoms with van der Waals surface area (Å²) in [4.78, 5) is 11.9. The average molecular weight is 440 g/mol. The van der Waals surface area contributed by atoms with Gasteiger partial charge in [0, 0.05) is 18.9 Å². The van der Waals surface area contributed by atoms with Crippen LogP contribution in [0.25, 0.3) is 0 Å². The van der Waals surface area contributed by atoms with Crippen LogP contribution in [0.15, 0.2) is 39.8 Å². The fraction of sp³-hybridized carbons (Fsp3) is 0.214. The zero-order valence-corrected chi connectivity index (χ0v) is 15.2. The molecule has 1 aromatic carbocycles. The number of alkyl halides is 2. The lowest BCUT2D eigenvalue weighted by Crippen LogP contribution is -2.28. The van der Waals surface area contributed by atoms with Gasteiger partial charge in [0.15, 0.2) is 0 Å². The first-order valence-electron chi connectivity index (χ1n) is 6.80. The molecule has 0 spiro atoms. The Morgan fingerprint density at radius 2 is 2.00 bits per heavy atom. The largest absolute Gasteiger partial charge is 0.345 e. The second-order valence-corrected chi connectivity index (χ2v) is 7.62. The predicted molar refractivity (Wildman–Crippen MR) is 88.7 cm³/mol. The molecule has 0 radical (unpaired) electrons. The predicted octanol–water partition coefficient (Wildman–Crippen LogP) is 2.72. The zero-order chi connectivity index (χ0) is 18.8. The first kappa shape index (κ1) is 19.5. The lowest BCUT2D eigenvalue weighted by atomic mass is 10.3. The number of hydrogen-bond donors (Lipinski definition) is 2. The van der Waals surface area contributed by atoms with Crippen LogP contribution in [0.5, 0.6) is 0 Å². The highest BCUT2D eigenvalue weighted by Crippen LogP contribution is 2.21.